The van der Waals surface area contributed by atoms with Crippen molar-refractivity contribution in [3.8, 4) is 0 Å². The fraction of sp³-hybridized carbons (Fsp3) is 0.667. The molecular weight excluding hydrogens is 176 g/mol. The first-order chi connectivity index (χ1) is 6.47. The summed E-state index contributed by atoms with van der Waals surface area (Å²) < 4.78 is 0. The molecule has 1 aliphatic rings. The van der Waals surface area contributed by atoms with Gasteiger partial charge in [0.15, 0.2) is 0 Å². The van der Waals surface area contributed by atoms with Crippen LogP contribution in [0.1, 0.15) is 27.7 Å². The van der Waals surface area contributed by atoms with Gasteiger partial charge < -0.3 is 10.2 Å². The van der Waals surface area contributed by atoms with Gasteiger partial charge in [0.1, 0.15) is 0 Å². The van der Waals surface area contributed by atoms with E-state index in [0.717, 1.165) is 11.1 Å². The molecule has 80 valence electrons. The number of allylic oxidation sites excluding steroid dienone is 1. The normalized spacial score (nSPS) is 33.3. The summed E-state index contributed by atoms with van der Waals surface area (Å²) in [6.45, 7) is 8.49. The Morgan fingerprint density at radius 3 is 2.36 bits per heavy atom. The number of aliphatic hydroxyl groups excluding tert-OH is 2. The summed E-state index contributed by atoms with van der Waals surface area (Å²) in [5, 5.41) is 18.6. The second-order valence-electron chi connectivity index (χ2n) is 4.49. The lowest BCUT2D eigenvalue weighted by Gasteiger charge is -2.40. The maximum absolute atomic E-state index is 9.44. The molecule has 0 aromatic rings. The van der Waals surface area contributed by atoms with Gasteiger partial charge in [0, 0.05) is 5.41 Å². The molecule has 0 bridgehead atoms. The second kappa shape index (κ2) is 3.87. The van der Waals surface area contributed by atoms with Crippen molar-refractivity contribution in [2.24, 2.45) is 11.3 Å². The molecule has 2 heteroatoms. The molecule has 0 amide bonds. The fourth-order valence-electron chi connectivity index (χ4n) is 2.07. The van der Waals surface area contributed by atoms with Crippen LogP contribution >= 0.6 is 0 Å². The molecule has 0 spiro atoms. The molecule has 0 heterocycles. The largest absolute Gasteiger partial charge is 0.395 e. The lowest BCUT2D eigenvalue weighted by Crippen LogP contribution is -2.34. The van der Waals surface area contributed by atoms with Crippen molar-refractivity contribution in [2.75, 3.05) is 13.2 Å². The van der Waals surface area contributed by atoms with Crippen LogP contribution in [0, 0.1) is 11.3 Å². The molecule has 0 radical (unpaired) electrons. The van der Waals surface area contributed by atoms with Gasteiger partial charge >= 0.3 is 0 Å². The molecule has 1 rings (SSSR count). The van der Waals surface area contributed by atoms with E-state index in [1.54, 1.807) is 0 Å². The van der Waals surface area contributed by atoms with Gasteiger partial charge in [0.2, 0.25) is 0 Å². The standard InChI is InChI=1S/C12H20O2/c1-8-5-11(6-13)9(2)10(3)12(8,4)7-14/h5,10,13-14H,6-7H2,1-4H3. The number of hydrogen-bond donors (Lipinski definition) is 2. The van der Waals surface area contributed by atoms with Crippen molar-refractivity contribution in [2.45, 2.75) is 27.7 Å². The van der Waals surface area contributed by atoms with Crippen molar-refractivity contribution in [3.63, 3.8) is 0 Å². The summed E-state index contributed by atoms with van der Waals surface area (Å²) in [5.74, 6) is 0.291. The third-order valence-electron chi connectivity index (χ3n) is 3.90. The molecule has 0 aromatic carbocycles. The molecule has 14 heavy (non-hydrogen) atoms. The van der Waals surface area contributed by atoms with Crippen LogP contribution in [0.15, 0.2) is 22.8 Å². The van der Waals surface area contributed by atoms with Crippen molar-refractivity contribution >= 4 is 0 Å². The number of rotatable bonds is 2. The topological polar surface area (TPSA) is 40.5 Å². The van der Waals surface area contributed by atoms with E-state index in [1.807, 2.05) is 19.9 Å². The highest BCUT2D eigenvalue weighted by molar-refractivity contribution is 5.38. The van der Waals surface area contributed by atoms with Crippen molar-refractivity contribution in [3.05, 3.63) is 22.8 Å². The average Bonchev–Trinajstić information content (AvgIpc) is 2.20. The Morgan fingerprint density at radius 2 is 1.93 bits per heavy atom. The summed E-state index contributed by atoms with van der Waals surface area (Å²) in [4.78, 5) is 0. The minimum Gasteiger partial charge on any atom is -0.395 e. The first-order valence-corrected chi connectivity index (χ1v) is 5.07. The zero-order valence-electron chi connectivity index (χ0n) is 9.46. The minimum absolute atomic E-state index is 0.0923. The van der Waals surface area contributed by atoms with E-state index in [9.17, 15) is 10.2 Å². The van der Waals surface area contributed by atoms with E-state index in [1.165, 1.54) is 5.57 Å². The van der Waals surface area contributed by atoms with Gasteiger partial charge in [-0.05, 0) is 25.3 Å². The fourth-order valence-corrected chi connectivity index (χ4v) is 2.07. The maximum Gasteiger partial charge on any atom is 0.0681 e. The van der Waals surface area contributed by atoms with Gasteiger partial charge in [-0.1, -0.05) is 31.1 Å². The van der Waals surface area contributed by atoms with Gasteiger partial charge in [-0.15, -0.1) is 0 Å². The second-order valence-corrected chi connectivity index (χ2v) is 4.49. The summed E-state index contributed by atoms with van der Waals surface area (Å²) >= 11 is 0. The molecule has 0 saturated heterocycles. The van der Waals surface area contributed by atoms with Crippen LogP contribution in [0.4, 0.5) is 0 Å². The monoisotopic (exact) mass is 196 g/mol. The highest BCUT2D eigenvalue weighted by Crippen LogP contribution is 2.43. The Labute approximate surface area is 86.0 Å². The number of hydrogen-bond acceptors (Lipinski definition) is 2. The molecule has 0 fully saturated rings. The first-order valence-electron chi connectivity index (χ1n) is 5.07. The van der Waals surface area contributed by atoms with Crippen molar-refractivity contribution in [1.82, 2.24) is 0 Å². The van der Waals surface area contributed by atoms with Crippen LogP contribution in [0.3, 0.4) is 0 Å². The van der Waals surface area contributed by atoms with Crippen LogP contribution < -0.4 is 0 Å². The van der Waals surface area contributed by atoms with Crippen LogP contribution in [0.5, 0.6) is 0 Å². The molecule has 0 aliphatic heterocycles. The molecule has 0 aromatic heterocycles. The quantitative estimate of drug-likeness (QED) is 0.708. The van der Waals surface area contributed by atoms with Crippen molar-refractivity contribution < 1.29 is 10.2 Å². The predicted octanol–water partition coefficient (Wildman–Crippen LogP) is 1.89. The molecule has 0 saturated carbocycles. The van der Waals surface area contributed by atoms with Gasteiger partial charge in [0.05, 0.1) is 13.2 Å². The van der Waals surface area contributed by atoms with Crippen LogP contribution in [-0.2, 0) is 0 Å². The van der Waals surface area contributed by atoms with E-state index in [2.05, 4.69) is 13.8 Å². The zero-order valence-corrected chi connectivity index (χ0v) is 9.46. The molecular formula is C12H20O2. The summed E-state index contributed by atoms with van der Waals surface area (Å²) in [7, 11) is 0. The van der Waals surface area contributed by atoms with E-state index >= 15 is 0 Å². The smallest absolute Gasteiger partial charge is 0.0681 e. The summed E-state index contributed by atoms with van der Waals surface area (Å²) in [5.41, 5.74) is 3.18. The Kier molecular flexibility index (Phi) is 3.17. The van der Waals surface area contributed by atoms with Gasteiger partial charge in [-0.25, -0.2) is 0 Å². The van der Waals surface area contributed by atoms with Gasteiger partial charge in [-0.2, -0.15) is 0 Å². The van der Waals surface area contributed by atoms with Crippen LogP contribution in [0.25, 0.3) is 0 Å². The Morgan fingerprint density at radius 1 is 1.36 bits per heavy atom. The lowest BCUT2D eigenvalue weighted by atomic mass is 9.66. The molecule has 1 aliphatic carbocycles. The first kappa shape index (κ1) is 11.5. The molecule has 2 unspecified atom stereocenters. The summed E-state index contributed by atoms with van der Waals surface area (Å²) in [6, 6.07) is 0. The highest BCUT2D eigenvalue weighted by atomic mass is 16.3. The number of aliphatic hydroxyl groups is 2. The third kappa shape index (κ3) is 1.53. The lowest BCUT2D eigenvalue weighted by molar-refractivity contribution is 0.132. The minimum atomic E-state index is -0.164. The molecule has 2 nitrogen and oxygen atoms in total. The highest BCUT2D eigenvalue weighted by Gasteiger charge is 2.36. The molecule has 2 atom stereocenters. The van der Waals surface area contributed by atoms with E-state index in [4.69, 9.17) is 0 Å². The van der Waals surface area contributed by atoms with Crippen molar-refractivity contribution in [1.29, 1.82) is 0 Å². The van der Waals surface area contributed by atoms with E-state index in [-0.39, 0.29) is 18.6 Å². The van der Waals surface area contributed by atoms with Crippen LogP contribution in [0.2, 0.25) is 0 Å². The van der Waals surface area contributed by atoms with Gasteiger partial charge in [0.25, 0.3) is 0 Å². The Hall–Kier alpha value is -0.600. The predicted molar refractivity (Wildman–Crippen MR) is 57.9 cm³/mol. The summed E-state index contributed by atoms with van der Waals surface area (Å²) in [6.07, 6.45) is 2.01. The van der Waals surface area contributed by atoms with Crippen LogP contribution in [-0.4, -0.2) is 23.4 Å². The average molecular weight is 196 g/mol. The van der Waals surface area contributed by atoms with Gasteiger partial charge in [-0.3, -0.25) is 0 Å². The molecule has 2 N–H and O–H groups in total. The Balaban J connectivity index is 3.16. The van der Waals surface area contributed by atoms with E-state index in [0.29, 0.717) is 5.92 Å². The Bertz CT molecular complexity index is 289. The maximum atomic E-state index is 9.44. The third-order valence-corrected chi connectivity index (χ3v) is 3.90. The SMILES string of the molecule is CC1=CC(CO)=C(C)C(C)C1(C)CO. The van der Waals surface area contributed by atoms with E-state index < -0.39 is 0 Å². The zero-order chi connectivity index (χ0) is 10.9.